The van der Waals surface area contributed by atoms with E-state index in [2.05, 4.69) is 35.8 Å². The van der Waals surface area contributed by atoms with E-state index in [1.54, 1.807) is 0 Å². The van der Waals surface area contributed by atoms with E-state index < -0.39 is 31.4 Å². The quantitative estimate of drug-likeness (QED) is 0.565. The molecule has 0 fully saturated rings. The molecule has 0 heterocycles. The zero-order valence-electron chi connectivity index (χ0n) is 15.1. The molecular formula is C16H25N3O4S2. The van der Waals surface area contributed by atoms with E-state index in [1.807, 2.05) is 13.8 Å². The molecule has 9 heteroatoms. The van der Waals surface area contributed by atoms with Gasteiger partial charge in [0, 0.05) is 23.0 Å². The van der Waals surface area contributed by atoms with Gasteiger partial charge in [-0.25, -0.2) is 12.8 Å². The molecule has 1 N–H and O–H groups in total. The number of sulfonamides is 1. The molecular weight excluding hydrogens is 362 g/mol. The second kappa shape index (κ2) is 7.76. The molecule has 25 heavy (non-hydrogen) atoms. The van der Waals surface area contributed by atoms with E-state index in [9.17, 15) is 18.5 Å². The van der Waals surface area contributed by atoms with Gasteiger partial charge in [0.2, 0.25) is 0 Å². The van der Waals surface area contributed by atoms with Crippen molar-refractivity contribution < 1.29 is 13.3 Å². The first-order chi connectivity index (χ1) is 11.3. The number of nitrogens with one attached hydrogen (secondary N) is 1. The molecule has 1 rings (SSSR count). The normalized spacial score (nSPS) is 14.3. The van der Waals surface area contributed by atoms with Crippen LogP contribution >= 0.6 is 0 Å². The second-order valence-corrected chi connectivity index (χ2v) is 10.8. The van der Waals surface area contributed by atoms with Crippen LogP contribution in [0.25, 0.3) is 0 Å². The molecule has 0 saturated carbocycles. The van der Waals surface area contributed by atoms with Crippen molar-refractivity contribution in [1.82, 2.24) is 4.13 Å². The molecule has 0 aromatic heterocycles. The summed E-state index contributed by atoms with van der Waals surface area (Å²) in [7, 11) is -4.96. The molecule has 1 aromatic rings. The zero-order valence-corrected chi connectivity index (χ0v) is 16.8. The van der Waals surface area contributed by atoms with Gasteiger partial charge in [-0.1, -0.05) is 27.4 Å². The predicted octanol–water partition coefficient (Wildman–Crippen LogP) is 3.95. The van der Waals surface area contributed by atoms with E-state index >= 15 is 0 Å². The minimum Gasteiger partial charge on any atom is -0.258 e. The second-order valence-electron chi connectivity index (χ2n) is 7.46. The van der Waals surface area contributed by atoms with Crippen LogP contribution in [0.1, 0.15) is 41.0 Å². The van der Waals surface area contributed by atoms with Gasteiger partial charge in [0.25, 0.3) is 15.7 Å². The Kier molecular flexibility index (Phi) is 6.66. The van der Waals surface area contributed by atoms with Crippen LogP contribution in [0.3, 0.4) is 0 Å². The summed E-state index contributed by atoms with van der Waals surface area (Å²) >= 11 is 0. The maximum atomic E-state index is 12.5. The number of rotatable bonds is 7. The maximum absolute atomic E-state index is 12.5. The fourth-order valence-corrected chi connectivity index (χ4v) is 5.47. The van der Waals surface area contributed by atoms with E-state index in [4.69, 9.17) is 0 Å². The van der Waals surface area contributed by atoms with Crippen molar-refractivity contribution in [3.63, 3.8) is 0 Å². The van der Waals surface area contributed by atoms with E-state index in [0.29, 0.717) is 0 Å². The van der Waals surface area contributed by atoms with Crippen LogP contribution in [-0.4, -0.2) is 18.9 Å². The summed E-state index contributed by atoms with van der Waals surface area (Å²) in [6, 6.07) is 4.71. The monoisotopic (exact) mass is 387 g/mol. The summed E-state index contributed by atoms with van der Waals surface area (Å²) < 4.78 is 32.0. The standard InChI is InChI=1S/C16H25N3O4S2/c1-7-24(17-16(5,6)12-15(2,3)4)18-25(22,23)14-10-8-13(9-11-14)19(20)21/h7-11H,1,12H2,2-6H3,(H,17,18). The number of nitrogens with zero attached hydrogens (tertiary/aromatic N) is 2. The lowest BCUT2D eigenvalue weighted by molar-refractivity contribution is -0.384. The van der Waals surface area contributed by atoms with Crippen LogP contribution in [0.5, 0.6) is 0 Å². The third-order valence-electron chi connectivity index (χ3n) is 3.02. The average molecular weight is 388 g/mol. The molecule has 0 bridgehead atoms. The van der Waals surface area contributed by atoms with Crippen molar-refractivity contribution in [1.29, 1.82) is 0 Å². The summed E-state index contributed by atoms with van der Waals surface area (Å²) in [6.07, 6.45) is 0.774. The Bertz CT molecular complexity index is 777. The molecule has 7 nitrogen and oxygen atoms in total. The Morgan fingerprint density at radius 3 is 2.16 bits per heavy atom. The molecule has 0 aliphatic rings. The lowest BCUT2D eigenvalue weighted by Crippen LogP contribution is -2.30. The summed E-state index contributed by atoms with van der Waals surface area (Å²) in [5.74, 6) is 0. The Morgan fingerprint density at radius 1 is 1.24 bits per heavy atom. The number of hydrogen-bond donors (Lipinski definition) is 1. The highest BCUT2D eigenvalue weighted by Crippen LogP contribution is 2.30. The van der Waals surface area contributed by atoms with Crippen LogP contribution in [0.15, 0.2) is 45.5 Å². The maximum Gasteiger partial charge on any atom is 0.269 e. The lowest BCUT2D eigenvalue weighted by Gasteiger charge is -2.29. The van der Waals surface area contributed by atoms with Gasteiger partial charge in [0.1, 0.15) is 0 Å². The fraction of sp³-hybridized carbons (Fsp3) is 0.500. The van der Waals surface area contributed by atoms with Crippen LogP contribution in [0.2, 0.25) is 0 Å². The van der Waals surface area contributed by atoms with Gasteiger partial charge in [-0.15, -0.1) is 4.13 Å². The van der Waals surface area contributed by atoms with E-state index in [1.165, 1.54) is 17.5 Å². The zero-order chi connectivity index (χ0) is 19.5. The topological polar surface area (TPSA) is 102 Å². The molecule has 0 radical (unpaired) electrons. The van der Waals surface area contributed by atoms with Gasteiger partial charge in [-0.05, 0) is 43.2 Å². The highest BCUT2D eigenvalue weighted by atomic mass is 32.3. The average Bonchev–Trinajstić information content (AvgIpc) is 2.43. The first-order valence-corrected chi connectivity index (χ1v) is 10.3. The smallest absolute Gasteiger partial charge is 0.258 e. The molecule has 1 aromatic carbocycles. The Labute approximate surface area is 152 Å². The molecule has 1 unspecified atom stereocenters. The lowest BCUT2D eigenvalue weighted by atomic mass is 9.82. The highest BCUT2D eigenvalue weighted by Gasteiger charge is 2.26. The van der Waals surface area contributed by atoms with Crippen molar-refractivity contribution in [2.24, 2.45) is 9.78 Å². The van der Waals surface area contributed by atoms with E-state index in [0.717, 1.165) is 18.6 Å². The number of nitro groups is 1. The number of hydrogen-bond acceptors (Lipinski definition) is 5. The van der Waals surface area contributed by atoms with Crippen molar-refractivity contribution in [2.45, 2.75) is 51.5 Å². The van der Waals surface area contributed by atoms with Crippen molar-refractivity contribution >= 4 is 26.6 Å². The van der Waals surface area contributed by atoms with Crippen LogP contribution in [-0.2, 0) is 20.9 Å². The fourth-order valence-electron chi connectivity index (χ4n) is 2.59. The molecule has 140 valence electrons. The van der Waals surface area contributed by atoms with Gasteiger partial charge < -0.3 is 0 Å². The van der Waals surface area contributed by atoms with Crippen LogP contribution < -0.4 is 4.13 Å². The Hall–Kier alpha value is -1.58. The minimum atomic E-state index is -3.86. The van der Waals surface area contributed by atoms with Crippen molar-refractivity contribution in [3.05, 3.63) is 46.4 Å². The number of benzene rings is 1. The first-order valence-electron chi connectivity index (χ1n) is 7.61. The van der Waals surface area contributed by atoms with Crippen molar-refractivity contribution in [3.8, 4) is 0 Å². The van der Waals surface area contributed by atoms with Crippen LogP contribution in [0.4, 0.5) is 5.69 Å². The van der Waals surface area contributed by atoms with Crippen molar-refractivity contribution in [2.75, 3.05) is 0 Å². The van der Waals surface area contributed by atoms with Gasteiger partial charge in [-0.2, -0.15) is 0 Å². The molecule has 0 aliphatic carbocycles. The van der Waals surface area contributed by atoms with Gasteiger partial charge in [-0.3, -0.25) is 10.1 Å². The first kappa shape index (κ1) is 21.5. The molecule has 0 saturated heterocycles. The van der Waals surface area contributed by atoms with Gasteiger partial charge in [0.05, 0.1) is 15.4 Å². The largest absolute Gasteiger partial charge is 0.269 e. The van der Waals surface area contributed by atoms with E-state index in [-0.39, 0.29) is 16.0 Å². The minimum absolute atomic E-state index is 0.0421. The third-order valence-corrected chi connectivity index (χ3v) is 6.48. The summed E-state index contributed by atoms with van der Waals surface area (Å²) in [5.41, 5.74) is -0.564. The number of nitro benzene ring substituents is 1. The summed E-state index contributed by atoms with van der Waals surface area (Å²) in [6.45, 7) is 13.8. The number of non-ortho nitro benzene ring substituents is 1. The molecule has 0 spiro atoms. The van der Waals surface area contributed by atoms with Gasteiger partial charge in [0.15, 0.2) is 0 Å². The predicted molar refractivity (Wildman–Crippen MR) is 102 cm³/mol. The summed E-state index contributed by atoms with van der Waals surface area (Å²) in [5, 5.41) is 12.1. The third kappa shape index (κ3) is 7.05. The molecule has 0 amide bonds. The highest BCUT2D eigenvalue weighted by molar-refractivity contribution is 8.04. The SMILES string of the molecule is C=CS(=NC(C)(C)CC(C)(C)C)NS(=O)(=O)c1ccc([N+](=O)[O-])cc1. The molecule has 1 atom stereocenters. The summed E-state index contributed by atoms with van der Waals surface area (Å²) in [4.78, 5) is 10.0. The van der Waals surface area contributed by atoms with Gasteiger partial charge >= 0.3 is 0 Å². The molecule has 0 aliphatic heterocycles. The Morgan fingerprint density at radius 2 is 1.76 bits per heavy atom. The van der Waals surface area contributed by atoms with Crippen LogP contribution in [0, 0.1) is 15.5 Å². The Balaban J connectivity index is 3.08.